The van der Waals surface area contributed by atoms with Crippen LogP contribution in [0.15, 0.2) is 24.8 Å². The zero-order chi connectivity index (χ0) is 14.4. The lowest BCUT2D eigenvalue weighted by atomic mass is 9.76. The Hall–Kier alpha value is -2.84. The molecule has 0 aliphatic heterocycles. The van der Waals surface area contributed by atoms with Crippen LogP contribution < -0.4 is 0 Å². The van der Waals surface area contributed by atoms with Gasteiger partial charge in [0.2, 0.25) is 0 Å². The van der Waals surface area contributed by atoms with E-state index in [0.717, 1.165) is 11.9 Å². The Bertz CT molecular complexity index is 833. The van der Waals surface area contributed by atoms with Gasteiger partial charge in [0.05, 0.1) is 23.5 Å². The first-order valence-corrected chi connectivity index (χ1v) is 6.52. The van der Waals surface area contributed by atoms with Crippen molar-refractivity contribution in [1.29, 1.82) is 0 Å². The average Bonchev–Trinajstić information content (AvgIpc) is 3.03. The molecule has 1 aliphatic rings. The molecule has 1 fully saturated rings. The predicted molar refractivity (Wildman–Crippen MR) is 69.3 cm³/mol. The monoisotopic (exact) mass is 285 g/mol. The van der Waals surface area contributed by atoms with Crippen molar-refractivity contribution in [3.8, 4) is 11.4 Å². The van der Waals surface area contributed by atoms with Crippen molar-refractivity contribution in [2.75, 3.05) is 0 Å². The van der Waals surface area contributed by atoms with Gasteiger partial charge < -0.3 is 5.11 Å². The summed E-state index contributed by atoms with van der Waals surface area (Å²) >= 11 is 0. The lowest BCUT2D eigenvalue weighted by Crippen LogP contribution is -2.48. The van der Waals surface area contributed by atoms with Crippen molar-refractivity contribution in [3.05, 3.63) is 24.8 Å². The molecule has 9 nitrogen and oxygen atoms in total. The SMILES string of the molecule is O=C(O)C1(n2nnnc2-c2cnn3ccncc23)CCC1. The third-order valence-electron chi connectivity index (χ3n) is 4.02. The Labute approximate surface area is 118 Å². The number of hydrogen-bond acceptors (Lipinski definition) is 6. The van der Waals surface area contributed by atoms with Crippen LogP contribution in [0.2, 0.25) is 0 Å². The number of hydrogen-bond donors (Lipinski definition) is 1. The summed E-state index contributed by atoms with van der Waals surface area (Å²) in [7, 11) is 0. The van der Waals surface area contributed by atoms with Crippen molar-refractivity contribution >= 4 is 11.5 Å². The minimum atomic E-state index is -1.05. The maximum atomic E-state index is 11.6. The zero-order valence-electron chi connectivity index (χ0n) is 10.9. The molecule has 1 aliphatic carbocycles. The molecule has 9 heteroatoms. The summed E-state index contributed by atoms with van der Waals surface area (Å²) in [5.74, 6) is -0.503. The molecule has 1 saturated carbocycles. The van der Waals surface area contributed by atoms with Crippen LogP contribution in [-0.2, 0) is 10.3 Å². The third kappa shape index (κ3) is 1.51. The van der Waals surface area contributed by atoms with Gasteiger partial charge in [0, 0.05) is 12.4 Å². The Morgan fingerprint density at radius 1 is 1.33 bits per heavy atom. The minimum absolute atomic E-state index is 0.403. The largest absolute Gasteiger partial charge is 0.479 e. The van der Waals surface area contributed by atoms with Crippen molar-refractivity contribution < 1.29 is 9.90 Å². The van der Waals surface area contributed by atoms with Crippen LogP contribution in [0.25, 0.3) is 16.9 Å². The molecule has 0 saturated heterocycles. The molecule has 1 N–H and O–H groups in total. The summed E-state index contributed by atoms with van der Waals surface area (Å²) in [5.41, 5.74) is 0.351. The summed E-state index contributed by atoms with van der Waals surface area (Å²) < 4.78 is 3.05. The normalized spacial score (nSPS) is 16.8. The average molecular weight is 285 g/mol. The zero-order valence-corrected chi connectivity index (χ0v) is 10.9. The molecule has 3 heterocycles. The molecule has 0 spiro atoms. The van der Waals surface area contributed by atoms with Gasteiger partial charge in [-0.15, -0.1) is 5.10 Å². The molecule has 4 rings (SSSR count). The summed E-state index contributed by atoms with van der Waals surface area (Å²) in [6.07, 6.45) is 8.50. The molecule has 3 aromatic heterocycles. The van der Waals surface area contributed by atoms with E-state index in [-0.39, 0.29) is 0 Å². The first-order valence-electron chi connectivity index (χ1n) is 6.52. The molecular formula is C12H11N7O2. The van der Waals surface area contributed by atoms with Crippen LogP contribution in [0.1, 0.15) is 19.3 Å². The lowest BCUT2D eigenvalue weighted by Gasteiger charge is -2.37. The second kappa shape index (κ2) is 4.08. The van der Waals surface area contributed by atoms with E-state index in [1.54, 1.807) is 29.3 Å². The first-order chi connectivity index (χ1) is 10.2. The standard InChI is InChI=1S/C12H11N7O2/c20-11(21)12(2-1-3-12)19-10(15-16-17-19)8-6-14-18-5-4-13-7-9(8)18/h4-7H,1-3H2,(H,20,21). The maximum Gasteiger partial charge on any atom is 0.331 e. The molecule has 0 unspecified atom stereocenters. The number of aromatic nitrogens is 7. The third-order valence-corrected chi connectivity index (χ3v) is 4.02. The fraction of sp³-hybridized carbons (Fsp3) is 0.333. The number of rotatable bonds is 3. The molecule has 0 atom stereocenters. The molecule has 3 aromatic rings. The fourth-order valence-electron chi connectivity index (χ4n) is 2.68. The highest BCUT2D eigenvalue weighted by Crippen LogP contribution is 2.41. The molecule has 106 valence electrons. The number of carboxylic acids is 1. The Morgan fingerprint density at radius 3 is 2.90 bits per heavy atom. The lowest BCUT2D eigenvalue weighted by molar-refractivity contribution is -0.153. The van der Waals surface area contributed by atoms with E-state index in [4.69, 9.17) is 0 Å². The van der Waals surface area contributed by atoms with Crippen LogP contribution in [0.3, 0.4) is 0 Å². The van der Waals surface area contributed by atoms with E-state index < -0.39 is 11.5 Å². The summed E-state index contributed by atoms with van der Waals surface area (Å²) in [5, 5.41) is 25.3. The second-order valence-electron chi connectivity index (χ2n) is 5.07. The highest BCUT2D eigenvalue weighted by Gasteiger charge is 2.49. The topological polar surface area (TPSA) is 111 Å². The number of aliphatic carboxylic acids is 1. The van der Waals surface area contributed by atoms with Gasteiger partial charge in [0.15, 0.2) is 11.4 Å². The molecular weight excluding hydrogens is 274 g/mol. The minimum Gasteiger partial charge on any atom is -0.479 e. The molecule has 0 aromatic carbocycles. The Kier molecular flexibility index (Phi) is 2.32. The van der Waals surface area contributed by atoms with E-state index in [1.807, 2.05) is 0 Å². The summed E-state index contributed by atoms with van der Waals surface area (Å²) in [6, 6.07) is 0. The van der Waals surface area contributed by atoms with Gasteiger partial charge in [-0.05, 0) is 29.7 Å². The van der Waals surface area contributed by atoms with Gasteiger partial charge in [-0.2, -0.15) is 5.10 Å². The first kappa shape index (κ1) is 11.9. The highest BCUT2D eigenvalue weighted by atomic mass is 16.4. The maximum absolute atomic E-state index is 11.6. The van der Waals surface area contributed by atoms with E-state index in [1.165, 1.54) is 4.68 Å². The number of carbonyl (C=O) groups is 1. The Balaban J connectivity index is 1.92. The van der Waals surface area contributed by atoms with E-state index in [2.05, 4.69) is 25.6 Å². The number of carboxylic acid groups (broad SMARTS) is 1. The molecule has 0 radical (unpaired) electrons. The summed E-state index contributed by atoms with van der Waals surface area (Å²) in [4.78, 5) is 15.7. The van der Waals surface area contributed by atoms with E-state index in [9.17, 15) is 9.90 Å². The van der Waals surface area contributed by atoms with Gasteiger partial charge >= 0.3 is 5.97 Å². The number of fused-ring (bicyclic) bond motifs is 1. The van der Waals surface area contributed by atoms with Crippen LogP contribution in [0.4, 0.5) is 0 Å². The van der Waals surface area contributed by atoms with E-state index in [0.29, 0.717) is 24.2 Å². The summed E-state index contributed by atoms with van der Waals surface area (Å²) in [6.45, 7) is 0. The highest BCUT2D eigenvalue weighted by molar-refractivity contribution is 5.80. The van der Waals surface area contributed by atoms with E-state index >= 15 is 0 Å². The van der Waals surface area contributed by atoms with Crippen molar-refractivity contribution in [2.45, 2.75) is 24.8 Å². The Morgan fingerprint density at radius 2 is 2.19 bits per heavy atom. The van der Waals surface area contributed by atoms with Gasteiger partial charge in [-0.1, -0.05) is 0 Å². The van der Waals surface area contributed by atoms with Crippen LogP contribution >= 0.6 is 0 Å². The number of nitrogens with zero attached hydrogens (tertiary/aromatic N) is 7. The quantitative estimate of drug-likeness (QED) is 0.738. The van der Waals surface area contributed by atoms with Crippen LogP contribution in [0.5, 0.6) is 0 Å². The smallest absolute Gasteiger partial charge is 0.331 e. The predicted octanol–water partition coefficient (Wildman–Crippen LogP) is 0.347. The van der Waals surface area contributed by atoms with Crippen molar-refractivity contribution in [1.82, 2.24) is 34.8 Å². The van der Waals surface area contributed by atoms with Gasteiger partial charge in [-0.25, -0.2) is 14.0 Å². The van der Waals surface area contributed by atoms with Gasteiger partial charge in [0.1, 0.15) is 0 Å². The molecule has 0 bridgehead atoms. The van der Waals surface area contributed by atoms with Crippen molar-refractivity contribution in [2.24, 2.45) is 0 Å². The van der Waals surface area contributed by atoms with Gasteiger partial charge in [0.25, 0.3) is 0 Å². The second-order valence-corrected chi connectivity index (χ2v) is 5.07. The van der Waals surface area contributed by atoms with Crippen molar-refractivity contribution in [3.63, 3.8) is 0 Å². The van der Waals surface area contributed by atoms with Crippen LogP contribution in [0, 0.1) is 0 Å². The van der Waals surface area contributed by atoms with Gasteiger partial charge in [-0.3, -0.25) is 4.98 Å². The fourth-order valence-corrected chi connectivity index (χ4v) is 2.68. The molecule has 0 amide bonds. The van der Waals surface area contributed by atoms with Crippen LogP contribution in [-0.4, -0.2) is 45.9 Å². The number of tetrazole rings is 1. The molecule has 21 heavy (non-hydrogen) atoms.